The minimum absolute atomic E-state index is 0.134. The van der Waals surface area contributed by atoms with Crippen molar-refractivity contribution in [3.8, 4) is 5.75 Å². The third kappa shape index (κ3) is 3.62. The summed E-state index contributed by atoms with van der Waals surface area (Å²) in [5.41, 5.74) is 1.44. The topological polar surface area (TPSA) is 87.2 Å². The number of piperazine rings is 1. The van der Waals surface area contributed by atoms with E-state index in [-0.39, 0.29) is 35.2 Å². The van der Waals surface area contributed by atoms with E-state index in [2.05, 4.69) is 0 Å². The van der Waals surface area contributed by atoms with E-state index in [1.165, 1.54) is 18.1 Å². The molecular weight excluding hydrogens is 410 g/mol. The van der Waals surface area contributed by atoms with E-state index >= 15 is 0 Å². The van der Waals surface area contributed by atoms with E-state index in [1.54, 1.807) is 54.0 Å². The molecule has 2 aromatic rings. The van der Waals surface area contributed by atoms with Gasteiger partial charge < -0.3 is 14.5 Å². The Morgan fingerprint density at radius 1 is 0.844 bits per heavy atom. The second kappa shape index (κ2) is 8.45. The highest BCUT2D eigenvalue weighted by atomic mass is 16.5. The first-order valence-corrected chi connectivity index (χ1v) is 10.6. The number of benzene rings is 2. The van der Waals surface area contributed by atoms with Crippen molar-refractivity contribution >= 4 is 23.6 Å². The molecule has 0 bridgehead atoms. The van der Waals surface area contributed by atoms with Gasteiger partial charge in [0, 0.05) is 37.8 Å². The van der Waals surface area contributed by atoms with Gasteiger partial charge in [0.25, 0.3) is 23.6 Å². The molecule has 0 unspecified atom stereocenters. The summed E-state index contributed by atoms with van der Waals surface area (Å²) in [7, 11) is 1.53. The molecule has 0 spiro atoms. The molecule has 4 amide bonds. The Labute approximate surface area is 186 Å². The van der Waals surface area contributed by atoms with Crippen LogP contribution in [-0.4, -0.2) is 77.7 Å². The molecule has 32 heavy (non-hydrogen) atoms. The molecule has 8 nitrogen and oxygen atoms in total. The summed E-state index contributed by atoms with van der Waals surface area (Å²) in [6.45, 7) is 5.10. The van der Waals surface area contributed by atoms with Crippen LogP contribution in [0.2, 0.25) is 0 Å². The standard InChI is InChI=1S/C24H25N3O5/c1-15(2)27-23(30)17-9-8-16(14-19(17)24(27)31)21(28)25-10-12-26(13-11-25)22(29)18-6-4-5-7-20(18)32-3/h4-9,14-15H,10-13H2,1-3H3. The van der Waals surface area contributed by atoms with Gasteiger partial charge in [0.05, 0.1) is 23.8 Å². The average Bonchev–Trinajstić information content (AvgIpc) is 3.07. The number of carbonyl (C=O) groups is 4. The molecular formula is C24H25N3O5. The lowest BCUT2D eigenvalue weighted by molar-refractivity contribution is 0.0533. The molecule has 8 heteroatoms. The minimum atomic E-state index is -0.373. The summed E-state index contributed by atoms with van der Waals surface area (Å²) in [6, 6.07) is 11.4. The van der Waals surface area contributed by atoms with Crippen molar-refractivity contribution in [1.29, 1.82) is 0 Å². The maximum atomic E-state index is 13.0. The second-order valence-corrected chi connectivity index (χ2v) is 8.12. The van der Waals surface area contributed by atoms with Gasteiger partial charge in [-0.3, -0.25) is 24.1 Å². The monoisotopic (exact) mass is 435 g/mol. The van der Waals surface area contributed by atoms with E-state index in [4.69, 9.17) is 4.74 Å². The molecule has 2 aromatic carbocycles. The number of imide groups is 1. The number of rotatable bonds is 4. The maximum Gasteiger partial charge on any atom is 0.261 e. The Hall–Kier alpha value is -3.68. The molecule has 0 aromatic heterocycles. The third-order valence-electron chi connectivity index (χ3n) is 5.87. The van der Waals surface area contributed by atoms with E-state index in [0.29, 0.717) is 48.6 Å². The first kappa shape index (κ1) is 21.5. The Balaban J connectivity index is 1.45. The summed E-state index contributed by atoms with van der Waals surface area (Å²) in [5.74, 6) is -0.543. The van der Waals surface area contributed by atoms with Crippen molar-refractivity contribution < 1.29 is 23.9 Å². The smallest absolute Gasteiger partial charge is 0.261 e. The van der Waals surface area contributed by atoms with Crippen molar-refractivity contribution in [2.75, 3.05) is 33.3 Å². The van der Waals surface area contributed by atoms with Crippen molar-refractivity contribution in [1.82, 2.24) is 14.7 Å². The largest absolute Gasteiger partial charge is 0.496 e. The molecule has 2 aliphatic heterocycles. The van der Waals surface area contributed by atoms with Gasteiger partial charge in [-0.05, 0) is 44.2 Å². The van der Waals surface area contributed by atoms with Crippen LogP contribution in [0.3, 0.4) is 0 Å². The van der Waals surface area contributed by atoms with Crippen LogP contribution >= 0.6 is 0 Å². The number of ether oxygens (including phenoxy) is 1. The van der Waals surface area contributed by atoms with Gasteiger partial charge in [-0.2, -0.15) is 0 Å². The summed E-state index contributed by atoms with van der Waals surface area (Å²) < 4.78 is 5.28. The van der Waals surface area contributed by atoms with E-state index in [1.807, 2.05) is 6.07 Å². The number of nitrogens with zero attached hydrogens (tertiary/aromatic N) is 3. The lowest BCUT2D eigenvalue weighted by Gasteiger charge is -2.35. The minimum Gasteiger partial charge on any atom is -0.496 e. The first-order valence-electron chi connectivity index (χ1n) is 10.6. The molecule has 0 saturated carbocycles. The quantitative estimate of drug-likeness (QED) is 0.688. The van der Waals surface area contributed by atoms with Crippen LogP contribution < -0.4 is 4.74 Å². The van der Waals surface area contributed by atoms with Crippen LogP contribution in [0.1, 0.15) is 55.3 Å². The Bertz CT molecular complexity index is 1100. The highest BCUT2D eigenvalue weighted by Crippen LogP contribution is 2.26. The molecule has 166 valence electrons. The predicted octanol–water partition coefficient (Wildman–Crippen LogP) is 2.30. The van der Waals surface area contributed by atoms with Gasteiger partial charge in [-0.15, -0.1) is 0 Å². The Morgan fingerprint density at radius 3 is 2.06 bits per heavy atom. The van der Waals surface area contributed by atoms with E-state index in [9.17, 15) is 19.2 Å². The number of amides is 4. The van der Waals surface area contributed by atoms with Crippen LogP contribution in [0.4, 0.5) is 0 Å². The summed E-state index contributed by atoms with van der Waals surface area (Å²) in [5, 5.41) is 0. The normalized spacial score (nSPS) is 15.9. The number of hydrogen-bond acceptors (Lipinski definition) is 5. The zero-order chi connectivity index (χ0) is 23.0. The van der Waals surface area contributed by atoms with Crippen molar-refractivity contribution in [2.45, 2.75) is 19.9 Å². The molecule has 0 N–H and O–H groups in total. The molecule has 0 radical (unpaired) electrons. The van der Waals surface area contributed by atoms with Crippen LogP contribution in [-0.2, 0) is 0 Å². The van der Waals surface area contributed by atoms with Crippen molar-refractivity contribution in [2.24, 2.45) is 0 Å². The number of methoxy groups -OCH3 is 1. The van der Waals surface area contributed by atoms with Crippen LogP contribution in [0.25, 0.3) is 0 Å². The summed E-state index contributed by atoms with van der Waals surface area (Å²) >= 11 is 0. The zero-order valence-corrected chi connectivity index (χ0v) is 18.3. The Morgan fingerprint density at radius 2 is 1.44 bits per heavy atom. The molecule has 1 fully saturated rings. The lowest BCUT2D eigenvalue weighted by atomic mass is 10.0. The number of fused-ring (bicyclic) bond motifs is 1. The second-order valence-electron chi connectivity index (χ2n) is 8.12. The van der Waals surface area contributed by atoms with E-state index < -0.39 is 0 Å². The first-order chi connectivity index (χ1) is 15.3. The molecule has 1 saturated heterocycles. The fourth-order valence-electron chi connectivity index (χ4n) is 4.15. The number of carbonyl (C=O) groups excluding carboxylic acids is 4. The van der Waals surface area contributed by atoms with Gasteiger partial charge in [0.1, 0.15) is 5.75 Å². The fraction of sp³-hybridized carbons (Fsp3) is 0.333. The van der Waals surface area contributed by atoms with Crippen LogP contribution in [0, 0.1) is 0 Å². The van der Waals surface area contributed by atoms with Gasteiger partial charge in [0.15, 0.2) is 0 Å². The zero-order valence-electron chi connectivity index (χ0n) is 18.3. The third-order valence-corrected chi connectivity index (χ3v) is 5.87. The average molecular weight is 435 g/mol. The van der Waals surface area contributed by atoms with Gasteiger partial charge in [-0.25, -0.2) is 0 Å². The summed E-state index contributed by atoms with van der Waals surface area (Å²) in [6.07, 6.45) is 0. The van der Waals surface area contributed by atoms with Crippen LogP contribution in [0.5, 0.6) is 5.75 Å². The van der Waals surface area contributed by atoms with E-state index in [0.717, 1.165) is 0 Å². The predicted molar refractivity (Wildman–Crippen MR) is 117 cm³/mol. The molecule has 0 aliphatic carbocycles. The van der Waals surface area contributed by atoms with Crippen LogP contribution in [0.15, 0.2) is 42.5 Å². The highest BCUT2D eigenvalue weighted by Gasteiger charge is 2.38. The molecule has 4 rings (SSSR count). The van der Waals surface area contributed by atoms with Gasteiger partial charge >= 0.3 is 0 Å². The van der Waals surface area contributed by atoms with Crippen molar-refractivity contribution in [3.05, 3.63) is 64.7 Å². The SMILES string of the molecule is COc1ccccc1C(=O)N1CCN(C(=O)c2ccc3c(c2)C(=O)N(C(C)C)C3=O)CC1. The highest BCUT2D eigenvalue weighted by molar-refractivity contribution is 6.22. The molecule has 2 aliphatic rings. The molecule has 0 atom stereocenters. The maximum absolute atomic E-state index is 13.0. The Kier molecular flexibility index (Phi) is 5.69. The molecule has 2 heterocycles. The lowest BCUT2D eigenvalue weighted by Crippen LogP contribution is -2.50. The van der Waals surface area contributed by atoms with Crippen molar-refractivity contribution in [3.63, 3.8) is 0 Å². The van der Waals surface area contributed by atoms with Gasteiger partial charge in [0.2, 0.25) is 0 Å². The number of para-hydroxylation sites is 1. The van der Waals surface area contributed by atoms with Gasteiger partial charge in [-0.1, -0.05) is 12.1 Å². The summed E-state index contributed by atoms with van der Waals surface area (Å²) in [4.78, 5) is 55.6. The number of hydrogen-bond donors (Lipinski definition) is 0. The fourth-order valence-corrected chi connectivity index (χ4v) is 4.15.